The molecule has 1 aromatic heterocycles. The Labute approximate surface area is 212 Å². The topological polar surface area (TPSA) is 81.1 Å². The predicted octanol–water partition coefficient (Wildman–Crippen LogP) is 5.89. The van der Waals surface area contributed by atoms with Gasteiger partial charge in [0.1, 0.15) is 30.5 Å². The molecule has 5 rings (SSSR count). The Kier molecular flexibility index (Phi) is 6.43. The normalized spacial score (nSPS) is 14.7. The van der Waals surface area contributed by atoms with Crippen LogP contribution in [0, 0.1) is 12.7 Å². The van der Waals surface area contributed by atoms with Crippen LogP contribution < -0.4 is 15.4 Å². The van der Waals surface area contributed by atoms with Gasteiger partial charge in [-0.1, -0.05) is 48.0 Å². The fraction of sp³-hybridized carbons (Fsp3) is 0.148. The maximum atomic E-state index is 14.1. The number of hydrogen-bond acceptors (Lipinski definition) is 5. The Morgan fingerprint density at radius 3 is 2.64 bits per heavy atom. The van der Waals surface area contributed by atoms with Gasteiger partial charge in [-0.3, -0.25) is 4.79 Å². The van der Waals surface area contributed by atoms with Crippen molar-refractivity contribution in [2.24, 2.45) is 0 Å². The standard InChI is InChI=1S/C27H23ClFN5O2/c1-16-6-3-4-9-23(16)33-26(35)24-17(2)32-27-30-15-31-34(27)25(24)18-10-12-19(13-11-18)36-14-20-21(28)7-5-8-22(20)29/h3-13,15,25H,14H2,1-2H3,(H,33,35)(H,30,31,32)/t25-/m0/s1. The molecule has 0 bridgehead atoms. The van der Waals surface area contributed by atoms with Gasteiger partial charge in [-0.25, -0.2) is 9.07 Å². The van der Waals surface area contributed by atoms with Crippen molar-refractivity contribution in [3.05, 3.63) is 112 Å². The first-order valence-electron chi connectivity index (χ1n) is 11.3. The molecular formula is C27H23ClFN5O2. The molecule has 182 valence electrons. The Balaban J connectivity index is 1.42. The number of aromatic nitrogens is 3. The van der Waals surface area contributed by atoms with Gasteiger partial charge in [-0.05, 0) is 55.3 Å². The molecule has 1 aliphatic heterocycles. The van der Waals surface area contributed by atoms with E-state index in [1.54, 1.807) is 28.9 Å². The van der Waals surface area contributed by atoms with Crippen molar-refractivity contribution in [2.45, 2.75) is 26.5 Å². The summed E-state index contributed by atoms with van der Waals surface area (Å²) in [4.78, 5) is 17.8. The number of carbonyl (C=O) groups excluding carboxylic acids is 1. The number of amides is 1. The molecule has 1 atom stereocenters. The molecule has 0 spiro atoms. The molecule has 0 aliphatic carbocycles. The Morgan fingerprint density at radius 1 is 1.11 bits per heavy atom. The highest BCUT2D eigenvalue weighted by Gasteiger charge is 2.33. The average molecular weight is 504 g/mol. The number of halogens is 2. The second-order valence-electron chi connectivity index (χ2n) is 8.42. The summed E-state index contributed by atoms with van der Waals surface area (Å²) in [5, 5.41) is 10.9. The number of benzene rings is 3. The van der Waals surface area contributed by atoms with Gasteiger partial charge in [0.25, 0.3) is 5.91 Å². The third-order valence-electron chi connectivity index (χ3n) is 6.07. The number of allylic oxidation sites excluding steroid dienone is 1. The van der Waals surface area contributed by atoms with E-state index in [2.05, 4.69) is 20.7 Å². The fourth-order valence-electron chi connectivity index (χ4n) is 4.17. The van der Waals surface area contributed by atoms with Crippen molar-refractivity contribution < 1.29 is 13.9 Å². The number of aryl methyl sites for hydroxylation is 1. The number of nitrogens with one attached hydrogen (secondary N) is 2. The molecule has 0 fully saturated rings. The maximum absolute atomic E-state index is 14.1. The molecule has 4 aromatic rings. The number of nitrogens with zero attached hydrogens (tertiary/aromatic N) is 3. The van der Waals surface area contributed by atoms with Crippen LogP contribution in [0.25, 0.3) is 0 Å². The van der Waals surface area contributed by atoms with E-state index in [0.717, 1.165) is 16.8 Å². The zero-order valence-corrected chi connectivity index (χ0v) is 20.4. The molecule has 3 aromatic carbocycles. The number of para-hydroxylation sites is 1. The van der Waals surface area contributed by atoms with E-state index in [4.69, 9.17) is 16.3 Å². The lowest BCUT2D eigenvalue weighted by Gasteiger charge is -2.29. The summed E-state index contributed by atoms with van der Waals surface area (Å²) in [5.74, 6) is 0.421. The summed E-state index contributed by atoms with van der Waals surface area (Å²) in [6.07, 6.45) is 1.44. The van der Waals surface area contributed by atoms with Crippen molar-refractivity contribution in [1.29, 1.82) is 0 Å². The van der Waals surface area contributed by atoms with Crippen LogP contribution >= 0.6 is 11.6 Å². The predicted molar refractivity (Wildman–Crippen MR) is 136 cm³/mol. The van der Waals surface area contributed by atoms with Gasteiger partial charge in [0.2, 0.25) is 5.95 Å². The molecule has 2 heterocycles. The lowest BCUT2D eigenvalue weighted by atomic mass is 9.95. The molecule has 0 radical (unpaired) electrons. The molecule has 0 saturated carbocycles. The van der Waals surface area contributed by atoms with Crippen molar-refractivity contribution in [2.75, 3.05) is 10.6 Å². The van der Waals surface area contributed by atoms with Gasteiger partial charge in [0.15, 0.2) is 0 Å². The van der Waals surface area contributed by atoms with Crippen LogP contribution in [-0.4, -0.2) is 20.7 Å². The van der Waals surface area contributed by atoms with E-state index >= 15 is 0 Å². The van der Waals surface area contributed by atoms with Crippen molar-refractivity contribution >= 4 is 29.1 Å². The third-order valence-corrected chi connectivity index (χ3v) is 6.43. The minimum Gasteiger partial charge on any atom is -0.489 e. The summed E-state index contributed by atoms with van der Waals surface area (Å²) in [5.41, 5.74) is 4.00. The highest BCUT2D eigenvalue weighted by molar-refractivity contribution is 6.31. The minimum absolute atomic E-state index is 0.00544. The fourth-order valence-corrected chi connectivity index (χ4v) is 4.39. The van der Waals surface area contributed by atoms with Gasteiger partial charge in [0.05, 0.1) is 10.6 Å². The van der Waals surface area contributed by atoms with E-state index in [1.165, 1.54) is 12.4 Å². The molecular weight excluding hydrogens is 481 g/mol. The Morgan fingerprint density at radius 2 is 1.89 bits per heavy atom. The third kappa shape index (κ3) is 4.55. The minimum atomic E-state index is -0.511. The van der Waals surface area contributed by atoms with Gasteiger partial charge >= 0.3 is 0 Å². The number of carbonyl (C=O) groups is 1. The second kappa shape index (κ2) is 9.83. The van der Waals surface area contributed by atoms with Crippen LogP contribution in [0.3, 0.4) is 0 Å². The summed E-state index contributed by atoms with van der Waals surface area (Å²) < 4.78 is 21.5. The number of fused-ring (bicyclic) bond motifs is 1. The largest absolute Gasteiger partial charge is 0.489 e. The van der Waals surface area contributed by atoms with Gasteiger partial charge < -0.3 is 15.4 Å². The summed E-state index contributed by atoms with van der Waals surface area (Å²) in [6, 6.07) is 18.9. The number of ether oxygens (including phenoxy) is 1. The van der Waals surface area contributed by atoms with E-state index in [9.17, 15) is 9.18 Å². The average Bonchev–Trinajstić information content (AvgIpc) is 3.33. The van der Waals surface area contributed by atoms with Crippen molar-refractivity contribution in [3.8, 4) is 5.75 Å². The van der Waals surface area contributed by atoms with Crippen LogP contribution in [0.4, 0.5) is 16.0 Å². The maximum Gasteiger partial charge on any atom is 0.255 e. The molecule has 2 N–H and O–H groups in total. The zero-order valence-electron chi connectivity index (χ0n) is 19.6. The second-order valence-corrected chi connectivity index (χ2v) is 8.83. The quantitative estimate of drug-likeness (QED) is 0.343. The summed E-state index contributed by atoms with van der Waals surface area (Å²) in [7, 11) is 0. The molecule has 0 unspecified atom stereocenters. The first-order chi connectivity index (χ1) is 17.4. The summed E-state index contributed by atoms with van der Waals surface area (Å²) >= 11 is 6.10. The van der Waals surface area contributed by atoms with Crippen molar-refractivity contribution in [1.82, 2.24) is 14.8 Å². The van der Waals surface area contributed by atoms with Gasteiger partial charge in [-0.2, -0.15) is 10.1 Å². The Bertz CT molecular complexity index is 1450. The van der Waals surface area contributed by atoms with Crippen LogP contribution in [-0.2, 0) is 11.4 Å². The first-order valence-corrected chi connectivity index (χ1v) is 11.7. The molecule has 1 amide bonds. The number of rotatable bonds is 6. The zero-order chi connectivity index (χ0) is 25.2. The smallest absolute Gasteiger partial charge is 0.255 e. The number of hydrogen-bond donors (Lipinski definition) is 2. The number of anilines is 2. The Hall–Kier alpha value is -4.17. The van der Waals surface area contributed by atoms with Gasteiger partial charge in [-0.15, -0.1) is 0 Å². The van der Waals surface area contributed by atoms with E-state index in [-0.39, 0.29) is 12.5 Å². The lowest BCUT2D eigenvalue weighted by Crippen LogP contribution is -2.31. The van der Waals surface area contributed by atoms with Crippen LogP contribution in [0.5, 0.6) is 5.75 Å². The molecule has 1 aliphatic rings. The highest BCUT2D eigenvalue weighted by Crippen LogP contribution is 2.36. The first kappa shape index (κ1) is 23.6. The molecule has 7 nitrogen and oxygen atoms in total. The monoisotopic (exact) mass is 503 g/mol. The molecule has 36 heavy (non-hydrogen) atoms. The summed E-state index contributed by atoms with van der Waals surface area (Å²) in [6.45, 7) is 3.78. The highest BCUT2D eigenvalue weighted by atomic mass is 35.5. The molecule has 9 heteroatoms. The van der Waals surface area contributed by atoms with Crippen molar-refractivity contribution in [3.63, 3.8) is 0 Å². The van der Waals surface area contributed by atoms with Crippen LogP contribution in [0.2, 0.25) is 5.02 Å². The van der Waals surface area contributed by atoms with Gasteiger partial charge in [0, 0.05) is 16.9 Å². The SMILES string of the molecule is CC1=C(C(=O)Nc2ccccc2C)[C@H](c2ccc(OCc3c(F)cccc3Cl)cc2)n2ncnc2N1. The van der Waals surface area contributed by atoms with E-state index < -0.39 is 11.9 Å². The van der Waals surface area contributed by atoms with Crippen LogP contribution in [0.15, 0.2) is 84.3 Å². The van der Waals surface area contributed by atoms with E-state index in [0.29, 0.717) is 33.6 Å². The van der Waals surface area contributed by atoms with E-state index in [1.807, 2.05) is 50.2 Å². The lowest BCUT2D eigenvalue weighted by molar-refractivity contribution is -0.113. The molecule has 0 saturated heterocycles. The van der Waals surface area contributed by atoms with Crippen LogP contribution in [0.1, 0.15) is 29.7 Å².